The van der Waals surface area contributed by atoms with Gasteiger partial charge in [0.1, 0.15) is 0 Å². The van der Waals surface area contributed by atoms with E-state index in [-0.39, 0.29) is 0 Å². The number of azo groups is 1. The van der Waals surface area contributed by atoms with E-state index < -0.39 is 0 Å². The Hall–Kier alpha value is -2.23. The number of hydrogen-bond donors (Lipinski definition) is 0. The van der Waals surface area contributed by atoms with E-state index in [0.29, 0.717) is 0 Å². The molecule has 0 amide bonds. The molecule has 4 heteroatoms. The lowest BCUT2D eigenvalue weighted by molar-refractivity contribution is 0.678. The minimum atomic E-state index is 0.816. The molecule has 0 unspecified atom stereocenters. The van der Waals surface area contributed by atoms with Crippen LogP contribution in [0, 0.1) is 0 Å². The third-order valence-electron chi connectivity index (χ3n) is 3.72. The van der Waals surface area contributed by atoms with Gasteiger partial charge in [-0.15, -0.1) is 0 Å². The monoisotopic (exact) mass is 310 g/mol. The van der Waals surface area contributed by atoms with Crippen LogP contribution in [-0.4, -0.2) is 18.1 Å². The summed E-state index contributed by atoms with van der Waals surface area (Å²) in [6.07, 6.45) is 8.34. The van der Waals surface area contributed by atoms with Crippen molar-refractivity contribution < 1.29 is 0 Å². The average Bonchev–Trinajstić information content (AvgIpc) is 2.62. The summed E-state index contributed by atoms with van der Waals surface area (Å²) in [4.78, 5) is 6.44. The highest BCUT2D eigenvalue weighted by molar-refractivity contribution is 5.52. The van der Waals surface area contributed by atoms with E-state index in [1.54, 1.807) is 12.4 Å². The summed E-state index contributed by atoms with van der Waals surface area (Å²) in [5.41, 5.74) is 2.96. The van der Waals surface area contributed by atoms with Crippen LogP contribution in [0.4, 0.5) is 17.1 Å². The lowest BCUT2D eigenvalue weighted by Crippen LogP contribution is -2.25. The number of rotatable bonds is 9. The second-order valence-corrected chi connectivity index (χ2v) is 5.62. The van der Waals surface area contributed by atoms with Crippen LogP contribution in [-0.2, 0) is 0 Å². The topological polar surface area (TPSA) is 40.9 Å². The number of anilines is 1. The molecule has 0 atom stereocenters. The molecule has 1 aromatic heterocycles. The SMILES string of the molecule is CCCCN(CCCC)c1ccc(/N=N/c2ccncc2)cc1. The summed E-state index contributed by atoms with van der Waals surface area (Å²) in [6, 6.07) is 12.0. The van der Waals surface area contributed by atoms with Crippen molar-refractivity contribution in [1.29, 1.82) is 0 Å². The van der Waals surface area contributed by atoms with Crippen LogP contribution < -0.4 is 4.90 Å². The molecule has 0 aliphatic heterocycles. The van der Waals surface area contributed by atoms with Gasteiger partial charge in [-0.1, -0.05) is 26.7 Å². The first-order valence-corrected chi connectivity index (χ1v) is 8.50. The summed E-state index contributed by atoms with van der Waals surface area (Å²) >= 11 is 0. The molecule has 1 heterocycles. The summed E-state index contributed by atoms with van der Waals surface area (Å²) in [6.45, 7) is 6.71. The van der Waals surface area contributed by atoms with E-state index in [4.69, 9.17) is 0 Å². The summed E-state index contributed by atoms with van der Waals surface area (Å²) in [5.74, 6) is 0. The van der Waals surface area contributed by atoms with Crippen molar-refractivity contribution in [2.75, 3.05) is 18.0 Å². The Kier molecular flexibility index (Phi) is 7.24. The quantitative estimate of drug-likeness (QED) is 0.541. The number of aromatic nitrogens is 1. The van der Waals surface area contributed by atoms with E-state index >= 15 is 0 Å². The number of pyridine rings is 1. The van der Waals surface area contributed by atoms with Crippen molar-refractivity contribution in [2.24, 2.45) is 10.2 Å². The molecule has 0 aliphatic rings. The van der Waals surface area contributed by atoms with Crippen LogP contribution in [0.5, 0.6) is 0 Å². The maximum absolute atomic E-state index is 4.28. The van der Waals surface area contributed by atoms with E-state index in [1.165, 1.54) is 31.4 Å². The van der Waals surface area contributed by atoms with Crippen LogP contribution in [0.2, 0.25) is 0 Å². The minimum Gasteiger partial charge on any atom is -0.372 e. The Morgan fingerprint density at radius 2 is 1.30 bits per heavy atom. The zero-order chi connectivity index (χ0) is 16.3. The van der Waals surface area contributed by atoms with Crippen molar-refractivity contribution in [3.05, 3.63) is 48.8 Å². The average molecular weight is 310 g/mol. The molecule has 0 aliphatic carbocycles. The standard InChI is InChI=1S/C19H26N4/c1-3-5-15-23(16-6-4-2)19-9-7-17(8-10-19)21-22-18-11-13-20-14-12-18/h7-14H,3-6,15-16H2,1-2H3/b22-21+. The van der Waals surface area contributed by atoms with Crippen molar-refractivity contribution in [3.8, 4) is 0 Å². The van der Waals surface area contributed by atoms with Gasteiger partial charge in [0.2, 0.25) is 0 Å². The Balaban J connectivity index is 2.02. The van der Waals surface area contributed by atoms with Gasteiger partial charge >= 0.3 is 0 Å². The fourth-order valence-electron chi connectivity index (χ4n) is 2.32. The van der Waals surface area contributed by atoms with Crippen molar-refractivity contribution in [2.45, 2.75) is 39.5 Å². The van der Waals surface area contributed by atoms with Crippen molar-refractivity contribution >= 4 is 17.1 Å². The summed E-state index contributed by atoms with van der Waals surface area (Å²) in [7, 11) is 0. The second-order valence-electron chi connectivity index (χ2n) is 5.62. The second kappa shape index (κ2) is 9.72. The van der Waals surface area contributed by atoms with Crippen LogP contribution in [0.1, 0.15) is 39.5 Å². The molecule has 1 aromatic carbocycles. The normalized spacial score (nSPS) is 11.0. The van der Waals surface area contributed by atoms with E-state index in [9.17, 15) is 0 Å². The first kappa shape index (κ1) is 17.1. The van der Waals surface area contributed by atoms with Gasteiger partial charge in [0.25, 0.3) is 0 Å². The zero-order valence-corrected chi connectivity index (χ0v) is 14.2. The van der Waals surface area contributed by atoms with E-state index in [0.717, 1.165) is 24.5 Å². The molecular weight excluding hydrogens is 284 g/mol. The number of nitrogens with zero attached hydrogens (tertiary/aromatic N) is 4. The Morgan fingerprint density at radius 1 is 0.783 bits per heavy atom. The van der Waals surface area contributed by atoms with Gasteiger partial charge in [0.15, 0.2) is 0 Å². The molecule has 2 rings (SSSR count). The van der Waals surface area contributed by atoms with Gasteiger partial charge < -0.3 is 4.90 Å². The molecule has 0 saturated carbocycles. The van der Waals surface area contributed by atoms with E-state index in [2.05, 4.69) is 46.1 Å². The number of benzene rings is 1. The number of unbranched alkanes of at least 4 members (excludes halogenated alkanes) is 2. The predicted octanol–water partition coefficient (Wildman–Crippen LogP) is 5.90. The molecular formula is C19H26N4. The number of hydrogen-bond acceptors (Lipinski definition) is 4. The third kappa shape index (κ3) is 5.81. The van der Waals surface area contributed by atoms with Gasteiger partial charge in [0, 0.05) is 31.2 Å². The maximum Gasteiger partial charge on any atom is 0.0887 e. The largest absolute Gasteiger partial charge is 0.372 e. The van der Waals surface area contributed by atoms with Crippen LogP contribution in [0.25, 0.3) is 0 Å². The van der Waals surface area contributed by atoms with Gasteiger partial charge in [-0.3, -0.25) is 4.98 Å². The molecule has 0 radical (unpaired) electrons. The molecule has 4 nitrogen and oxygen atoms in total. The Morgan fingerprint density at radius 3 is 1.83 bits per heavy atom. The van der Waals surface area contributed by atoms with E-state index in [1.807, 2.05) is 24.3 Å². The molecule has 23 heavy (non-hydrogen) atoms. The minimum absolute atomic E-state index is 0.816. The Labute approximate surface area is 139 Å². The molecule has 0 bridgehead atoms. The van der Waals surface area contributed by atoms with Gasteiger partial charge in [0.05, 0.1) is 11.4 Å². The zero-order valence-electron chi connectivity index (χ0n) is 14.2. The van der Waals surface area contributed by atoms with Crippen LogP contribution >= 0.6 is 0 Å². The lowest BCUT2D eigenvalue weighted by Gasteiger charge is -2.24. The molecule has 0 fully saturated rings. The van der Waals surface area contributed by atoms with Gasteiger partial charge in [-0.25, -0.2) is 0 Å². The highest BCUT2D eigenvalue weighted by Crippen LogP contribution is 2.22. The molecule has 0 N–H and O–H groups in total. The lowest BCUT2D eigenvalue weighted by atomic mass is 10.2. The third-order valence-corrected chi connectivity index (χ3v) is 3.72. The highest BCUT2D eigenvalue weighted by Gasteiger charge is 2.05. The first-order valence-electron chi connectivity index (χ1n) is 8.50. The summed E-state index contributed by atoms with van der Waals surface area (Å²) < 4.78 is 0. The van der Waals surface area contributed by atoms with Gasteiger partial charge in [-0.2, -0.15) is 10.2 Å². The Bertz CT molecular complexity index is 570. The first-order chi connectivity index (χ1) is 11.3. The smallest absolute Gasteiger partial charge is 0.0887 e. The van der Waals surface area contributed by atoms with Gasteiger partial charge in [-0.05, 0) is 49.2 Å². The molecule has 122 valence electrons. The fourth-order valence-corrected chi connectivity index (χ4v) is 2.32. The molecule has 0 spiro atoms. The van der Waals surface area contributed by atoms with Crippen molar-refractivity contribution in [3.63, 3.8) is 0 Å². The fraction of sp³-hybridized carbons (Fsp3) is 0.421. The maximum atomic E-state index is 4.28. The van der Waals surface area contributed by atoms with Crippen LogP contribution in [0.15, 0.2) is 59.0 Å². The predicted molar refractivity (Wildman–Crippen MR) is 96.9 cm³/mol. The highest BCUT2D eigenvalue weighted by atomic mass is 15.1. The molecule has 2 aromatic rings. The van der Waals surface area contributed by atoms with Crippen molar-refractivity contribution in [1.82, 2.24) is 4.98 Å². The molecule has 0 saturated heterocycles. The van der Waals surface area contributed by atoms with Crippen LogP contribution in [0.3, 0.4) is 0 Å². The summed E-state index contributed by atoms with van der Waals surface area (Å²) in [5, 5.41) is 8.50.